The lowest BCUT2D eigenvalue weighted by Gasteiger charge is -2.04. The van der Waals surface area contributed by atoms with Gasteiger partial charge in [0.25, 0.3) is 0 Å². The molecule has 0 saturated carbocycles. The minimum absolute atomic E-state index is 0.797. The van der Waals surface area contributed by atoms with Crippen molar-refractivity contribution in [2.75, 3.05) is 7.11 Å². The fraction of sp³-hybridized carbons (Fsp3) is 0.0714. The lowest BCUT2D eigenvalue weighted by molar-refractivity contribution is 0.415. The Kier molecular flexibility index (Phi) is 2.29. The Bertz CT molecular complexity index is 658. The molecule has 0 amide bonds. The second-order valence-electron chi connectivity index (χ2n) is 3.77. The van der Waals surface area contributed by atoms with Gasteiger partial charge in [0.15, 0.2) is 12.0 Å². The second kappa shape index (κ2) is 3.94. The first-order chi connectivity index (χ1) is 8.36. The van der Waals surface area contributed by atoms with Gasteiger partial charge in [0.05, 0.1) is 7.11 Å². The zero-order valence-corrected chi connectivity index (χ0v) is 9.38. The molecule has 0 N–H and O–H groups in total. The molecular weight excluding hydrogens is 214 g/mol. The largest absolute Gasteiger partial charge is 0.497 e. The minimum Gasteiger partial charge on any atom is -0.497 e. The van der Waals surface area contributed by atoms with Crippen molar-refractivity contribution >= 4 is 11.1 Å². The highest BCUT2D eigenvalue weighted by atomic mass is 16.5. The molecule has 0 aliphatic carbocycles. The van der Waals surface area contributed by atoms with Crippen molar-refractivity contribution in [2.45, 2.75) is 0 Å². The Hall–Kier alpha value is -2.29. The number of hydrogen-bond acceptors (Lipinski definition) is 3. The molecule has 0 fully saturated rings. The summed E-state index contributed by atoms with van der Waals surface area (Å²) < 4.78 is 10.5. The van der Waals surface area contributed by atoms with E-state index in [1.807, 2.05) is 42.5 Å². The third-order valence-corrected chi connectivity index (χ3v) is 2.73. The van der Waals surface area contributed by atoms with Crippen molar-refractivity contribution in [1.29, 1.82) is 0 Å². The normalized spacial score (nSPS) is 10.6. The summed E-state index contributed by atoms with van der Waals surface area (Å²) in [5, 5.41) is 0. The number of fused-ring (bicyclic) bond motifs is 1. The first kappa shape index (κ1) is 9.90. The Morgan fingerprint density at radius 2 is 1.94 bits per heavy atom. The first-order valence-electron chi connectivity index (χ1n) is 5.34. The van der Waals surface area contributed by atoms with Crippen LogP contribution in [0.4, 0.5) is 0 Å². The summed E-state index contributed by atoms with van der Waals surface area (Å²) in [7, 11) is 1.67. The number of oxazole rings is 1. The van der Waals surface area contributed by atoms with Crippen LogP contribution in [0.3, 0.4) is 0 Å². The maximum atomic E-state index is 5.29. The third kappa shape index (κ3) is 1.76. The Balaban J connectivity index is 2.12. The molecule has 1 heterocycles. The second-order valence-corrected chi connectivity index (χ2v) is 3.77. The van der Waals surface area contributed by atoms with Gasteiger partial charge in [-0.25, -0.2) is 4.98 Å². The number of ether oxygens (including phenoxy) is 1. The molecule has 0 aliphatic heterocycles. The lowest BCUT2D eigenvalue weighted by Crippen LogP contribution is -1.83. The van der Waals surface area contributed by atoms with Gasteiger partial charge in [-0.15, -0.1) is 0 Å². The molecule has 3 heteroatoms. The molecule has 3 rings (SSSR count). The summed E-state index contributed by atoms with van der Waals surface area (Å²) in [5.74, 6) is 0.847. The van der Waals surface area contributed by atoms with Crippen molar-refractivity contribution in [3.63, 3.8) is 0 Å². The van der Waals surface area contributed by atoms with Crippen LogP contribution in [0.25, 0.3) is 22.2 Å². The SMILES string of the molecule is COc1cccc(-c2ccc3ncoc3c2)c1. The number of rotatable bonds is 2. The van der Waals surface area contributed by atoms with Crippen molar-refractivity contribution in [1.82, 2.24) is 4.98 Å². The molecule has 0 spiro atoms. The standard InChI is InChI=1S/C14H11NO2/c1-16-12-4-2-3-10(7-12)11-5-6-13-14(8-11)17-9-15-13/h2-9H,1H3. The smallest absolute Gasteiger partial charge is 0.181 e. The van der Waals surface area contributed by atoms with Crippen LogP contribution in [-0.2, 0) is 0 Å². The molecule has 3 aromatic rings. The molecule has 1 aromatic heterocycles. The number of aromatic nitrogens is 1. The molecule has 2 aromatic carbocycles. The highest BCUT2D eigenvalue weighted by Crippen LogP contribution is 2.26. The van der Waals surface area contributed by atoms with Crippen molar-refractivity contribution in [2.24, 2.45) is 0 Å². The van der Waals surface area contributed by atoms with E-state index in [0.29, 0.717) is 0 Å². The van der Waals surface area contributed by atoms with Crippen molar-refractivity contribution in [3.8, 4) is 16.9 Å². The van der Waals surface area contributed by atoms with E-state index in [2.05, 4.69) is 4.98 Å². The molecule has 0 bridgehead atoms. The van der Waals surface area contributed by atoms with Crippen LogP contribution >= 0.6 is 0 Å². The summed E-state index contributed by atoms with van der Waals surface area (Å²) in [4.78, 5) is 4.10. The average molecular weight is 225 g/mol. The molecule has 17 heavy (non-hydrogen) atoms. The van der Waals surface area contributed by atoms with Gasteiger partial charge in [0, 0.05) is 0 Å². The highest BCUT2D eigenvalue weighted by molar-refractivity contribution is 5.80. The van der Waals surface area contributed by atoms with Gasteiger partial charge in [-0.3, -0.25) is 0 Å². The monoisotopic (exact) mass is 225 g/mol. The summed E-state index contributed by atoms with van der Waals surface area (Å²) in [5.41, 5.74) is 3.86. The van der Waals surface area contributed by atoms with Gasteiger partial charge in [-0.2, -0.15) is 0 Å². The Labute approximate surface area is 98.7 Å². The van der Waals surface area contributed by atoms with Crippen LogP contribution in [0.2, 0.25) is 0 Å². The van der Waals surface area contributed by atoms with E-state index in [-0.39, 0.29) is 0 Å². The minimum atomic E-state index is 0.797. The zero-order valence-electron chi connectivity index (χ0n) is 9.38. The number of benzene rings is 2. The van der Waals surface area contributed by atoms with Gasteiger partial charge in [-0.05, 0) is 35.4 Å². The van der Waals surface area contributed by atoms with E-state index in [1.165, 1.54) is 6.39 Å². The van der Waals surface area contributed by atoms with E-state index >= 15 is 0 Å². The summed E-state index contributed by atoms with van der Waals surface area (Å²) >= 11 is 0. The predicted octanol–water partition coefficient (Wildman–Crippen LogP) is 3.50. The van der Waals surface area contributed by atoms with Gasteiger partial charge in [-0.1, -0.05) is 18.2 Å². The van der Waals surface area contributed by atoms with Crippen LogP contribution in [0, 0.1) is 0 Å². The Morgan fingerprint density at radius 1 is 1.06 bits per heavy atom. The Morgan fingerprint density at radius 3 is 2.82 bits per heavy atom. The van der Waals surface area contributed by atoms with Crippen LogP contribution in [0.15, 0.2) is 53.3 Å². The molecule has 3 nitrogen and oxygen atoms in total. The number of methoxy groups -OCH3 is 1. The van der Waals surface area contributed by atoms with Crippen LogP contribution in [0.1, 0.15) is 0 Å². The summed E-state index contributed by atoms with van der Waals surface area (Å²) in [6, 6.07) is 13.9. The van der Waals surface area contributed by atoms with Gasteiger partial charge in [0.1, 0.15) is 11.3 Å². The van der Waals surface area contributed by atoms with Crippen molar-refractivity contribution < 1.29 is 9.15 Å². The fourth-order valence-corrected chi connectivity index (χ4v) is 1.84. The topological polar surface area (TPSA) is 35.3 Å². The molecule has 0 radical (unpaired) electrons. The maximum absolute atomic E-state index is 5.29. The van der Waals surface area contributed by atoms with Gasteiger partial charge < -0.3 is 9.15 Å². The van der Waals surface area contributed by atoms with Crippen molar-refractivity contribution in [3.05, 3.63) is 48.9 Å². The predicted molar refractivity (Wildman–Crippen MR) is 66.0 cm³/mol. The lowest BCUT2D eigenvalue weighted by atomic mass is 10.1. The number of hydrogen-bond donors (Lipinski definition) is 0. The maximum Gasteiger partial charge on any atom is 0.181 e. The molecule has 0 atom stereocenters. The summed E-state index contributed by atoms with van der Waals surface area (Å²) in [6.07, 6.45) is 1.46. The highest BCUT2D eigenvalue weighted by Gasteiger charge is 2.03. The van der Waals surface area contributed by atoms with E-state index in [4.69, 9.17) is 9.15 Å². The van der Waals surface area contributed by atoms with E-state index < -0.39 is 0 Å². The van der Waals surface area contributed by atoms with Gasteiger partial charge >= 0.3 is 0 Å². The van der Waals surface area contributed by atoms with E-state index in [1.54, 1.807) is 7.11 Å². The first-order valence-corrected chi connectivity index (χ1v) is 5.34. The molecule has 0 unspecified atom stereocenters. The fourth-order valence-electron chi connectivity index (χ4n) is 1.84. The quantitative estimate of drug-likeness (QED) is 0.669. The third-order valence-electron chi connectivity index (χ3n) is 2.73. The molecule has 84 valence electrons. The van der Waals surface area contributed by atoms with Crippen LogP contribution < -0.4 is 4.74 Å². The van der Waals surface area contributed by atoms with E-state index in [9.17, 15) is 0 Å². The average Bonchev–Trinajstić information content (AvgIpc) is 2.86. The van der Waals surface area contributed by atoms with Crippen LogP contribution in [-0.4, -0.2) is 12.1 Å². The zero-order chi connectivity index (χ0) is 11.7. The number of nitrogens with zero attached hydrogens (tertiary/aromatic N) is 1. The molecule has 0 aliphatic rings. The van der Waals surface area contributed by atoms with E-state index in [0.717, 1.165) is 28.0 Å². The molecule has 0 saturated heterocycles. The molecular formula is C14H11NO2. The van der Waals surface area contributed by atoms with Crippen LogP contribution in [0.5, 0.6) is 5.75 Å². The van der Waals surface area contributed by atoms with Gasteiger partial charge in [0.2, 0.25) is 0 Å². The summed E-state index contributed by atoms with van der Waals surface area (Å²) in [6.45, 7) is 0.